The molecule has 0 spiro atoms. The van der Waals surface area contributed by atoms with Gasteiger partial charge in [0.05, 0.1) is 0 Å². The molecule has 0 radical (unpaired) electrons. The minimum atomic E-state index is 0.789. The van der Waals surface area contributed by atoms with Crippen LogP contribution in [0.25, 0.3) is 0 Å². The van der Waals surface area contributed by atoms with E-state index in [1.165, 1.54) is 0 Å². The third-order valence-corrected chi connectivity index (χ3v) is 2.78. The molecule has 3 aromatic carbocycles. The molecule has 0 aliphatic carbocycles. The van der Waals surface area contributed by atoms with Crippen molar-refractivity contribution >= 4 is 0 Å². The number of rotatable bonds is 4. The molecule has 0 amide bonds. The van der Waals surface area contributed by atoms with Crippen molar-refractivity contribution < 1.29 is 9.47 Å². The van der Waals surface area contributed by atoms with Crippen LogP contribution in [-0.2, 0) is 0 Å². The molecule has 2 heteroatoms. The zero-order chi connectivity index (χ0) is 17.6. The second kappa shape index (κ2) is 11.8. The van der Waals surface area contributed by atoms with Gasteiger partial charge in [-0.3, -0.25) is 0 Å². The Bertz CT molecular complexity index is 586. The average Bonchev–Trinajstić information content (AvgIpc) is 2.68. The van der Waals surface area contributed by atoms with E-state index in [0.717, 1.165) is 23.0 Å². The van der Waals surface area contributed by atoms with Crippen LogP contribution >= 0.6 is 0 Å². The summed E-state index contributed by atoms with van der Waals surface area (Å²) in [5.74, 6) is 3.22. The predicted molar refractivity (Wildman–Crippen MR) is 102 cm³/mol. The van der Waals surface area contributed by atoms with Gasteiger partial charge in [0.1, 0.15) is 23.0 Å². The maximum absolute atomic E-state index is 5.73. The molecular weight excluding hydrogens is 296 g/mol. The fourth-order valence-electron chi connectivity index (χ4n) is 1.82. The van der Waals surface area contributed by atoms with Crippen molar-refractivity contribution in [1.82, 2.24) is 0 Å². The van der Waals surface area contributed by atoms with Crippen LogP contribution in [0.1, 0.15) is 27.7 Å². The SMILES string of the molecule is CC.CC.c1ccc(Oc2ccc(Oc3ccccc3)cc2)cc1. The molecule has 0 fully saturated rings. The van der Waals surface area contributed by atoms with Crippen LogP contribution in [0.2, 0.25) is 0 Å². The quantitative estimate of drug-likeness (QED) is 0.501. The van der Waals surface area contributed by atoms with Crippen LogP contribution in [0.3, 0.4) is 0 Å². The van der Waals surface area contributed by atoms with E-state index in [2.05, 4.69) is 0 Å². The van der Waals surface area contributed by atoms with Crippen LogP contribution < -0.4 is 9.47 Å². The van der Waals surface area contributed by atoms with Gasteiger partial charge < -0.3 is 9.47 Å². The van der Waals surface area contributed by atoms with Gasteiger partial charge in [-0.15, -0.1) is 0 Å². The van der Waals surface area contributed by atoms with Crippen LogP contribution in [0.5, 0.6) is 23.0 Å². The van der Waals surface area contributed by atoms with Crippen molar-refractivity contribution in [3.8, 4) is 23.0 Å². The lowest BCUT2D eigenvalue weighted by molar-refractivity contribution is 0.469. The van der Waals surface area contributed by atoms with E-state index < -0.39 is 0 Å². The van der Waals surface area contributed by atoms with Gasteiger partial charge in [-0.2, -0.15) is 0 Å². The topological polar surface area (TPSA) is 18.5 Å². The molecule has 3 rings (SSSR count). The van der Waals surface area contributed by atoms with Crippen LogP contribution in [0, 0.1) is 0 Å². The van der Waals surface area contributed by atoms with Gasteiger partial charge in [-0.05, 0) is 48.5 Å². The second-order valence-electron chi connectivity index (χ2n) is 4.30. The Labute approximate surface area is 145 Å². The monoisotopic (exact) mass is 322 g/mol. The molecular formula is C22H26O2. The molecule has 0 aliphatic rings. The van der Waals surface area contributed by atoms with Crippen molar-refractivity contribution in [3.63, 3.8) is 0 Å². The summed E-state index contributed by atoms with van der Waals surface area (Å²) in [5, 5.41) is 0. The Morgan fingerprint density at radius 3 is 0.917 bits per heavy atom. The van der Waals surface area contributed by atoms with E-state index in [4.69, 9.17) is 9.47 Å². The molecule has 0 atom stereocenters. The Kier molecular flexibility index (Phi) is 9.48. The highest BCUT2D eigenvalue weighted by atomic mass is 16.5. The first kappa shape index (κ1) is 19.3. The zero-order valence-electron chi connectivity index (χ0n) is 14.9. The molecule has 0 unspecified atom stereocenters. The number of benzene rings is 3. The van der Waals surface area contributed by atoms with E-state index in [-0.39, 0.29) is 0 Å². The normalized spacial score (nSPS) is 8.83. The minimum Gasteiger partial charge on any atom is -0.457 e. The number of hydrogen-bond donors (Lipinski definition) is 0. The van der Waals surface area contributed by atoms with Crippen molar-refractivity contribution in [1.29, 1.82) is 0 Å². The molecule has 0 bridgehead atoms. The van der Waals surface area contributed by atoms with Gasteiger partial charge in [0.15, 0.2) is 0 Å². The molecule has 2 nitrogen and oxygen atoms in total. The molecule has 0 aromatic heterocycles. The van der Waals surface area contributed by atoms with Crippen molar-refractivity contribution in [2.75, 3.05) is 0 Å². The molecule has 24 heavy (non-hydrogen) atoms. The molecule has 0 aliphatic heterocycles. The van der Waals surface area contributed by atoms with E-state index in [0.29, 0.717) is 0 Å². The molecule has 0 saturated heterocycles. The lowest BCUT2D eigenvalue weighted by atomic mass is 10.3. The Balaban J connectivity index is 0.000000671. The maximum atomic E-state index is 5.73. The Morgan fingerprint density at radius 1 is 0.375 bits per heavy atom. The second-order valence-corrected chi connectivity index (χ2v) is 4.30. The van der Waals surface area contributed by atoms with E-state index >= 15 is 0 Å². The first-order valence-corrected chi connectivity index (χ1v) is 8.46. The minimum absolute atomic E-state index is 0.789. The lowest BCUT2D eigenvalue weighted by Crippen LogP contribution is -1.85. The maximum Gasteiger partial charge on any atom is 0.127 e. The predicted octanol–water partition coefficient (Wildman–Crippen LogP) is 7.32. The van der Waals surface area contributed by atoms with Crippen LogP contribution in [0.4, 0.5) is 0 Å². The fourth-order valence-corrected chi connectivity index (χ4v) is 1.82. The highest BCUT2D eigenvalue weighted by Crippen LogP contribution is 2.26. The van der Waals surface area contributed by atoms with E-state index in [1.54, 1.807) is 0 Å². The summed E-state index contributed by atoms with van der Waals surface area (Å²) in [6.07, 6.45) is 0. The average molecular weight is 322 g/mol. The third-order valence-electron chi connectivity index (χ3n) is 2.78. The van der Waals surface area contributed by atoms with Gasteiger partial charge in [0.2, 0.25) is 0 Å². The zero-order valence-corrected chi connectivity index (χ0v) is 14.9. The number of hydrogen-bond acceptors (Lipinski definition) is 2. The molecule has 126 valence electrons. The van der Waals surface area contributed by atoms with Crippen molar-refractivity contribution in [2.45, 2.75) is 27.7 Å². The van der Waals surface area contributed by atoms with Gasteiger partial charge >= 0.3 is 0 Å². The van der Waals surface area contributed by atoms with Gasteiger partial charge in [-0.1, -0.05) is 64.1 Å². The number of para-hydroxylation sites is 2. The summed E-state index contributed by atoms with van der Waals surface area (Å²) in [6.45, 7) is 8.00. The highest BCUT2D eigenvalue weighted by Gasteiger charge is 1.99. The molecule has 3 aromatic rings. The summed E-state index contributed by atoms with van der Waals surface area (Å²) in [4.78, 5) is 0. The third kappa shape index (κ3) is 6.57. The van der Waals surface area contributed by atoms with Gasteiger partial charge in [0.25, 0.3) is 0 Å². The molecule has 0 heterocycles. The summed E-state index contributed by atoms with van der Waals surface area (Å²) in [6, 6.07) is 27.0. The highest BCUT2D eigenvalue weighted by molar-refractivity contribution is 5.37. The molecule has 0 N–H and O–H groups in total. The van der Waals surface area contributed by atoms with Gasteiger partial charge in [0, 0.05) is 0 Å². The standard InChI is InChI=1S/C18H14O2.2C2H6/c1-3-7-15(8-4-1)19-17-11-13-18(14-12-17)20-16-9-5-2-6-10-16;2*1-2/h1-14H;2*1-2H3. The largest absolute Gasteiger partial charge is 0.457 e. The van der Waals surface area contributed by atoms with Gasteiger partial charge in [-0.25, -0.2) is 0 Å². The van der Waals surface area contributed by atoms with E-state index in [9.17, 15) is 0 Å². The summed E-state index contributed by atoms with van der Waals surface area (Å²) in [7, 11) is 0. The smallest absolute Gasteiger partial charge is 0.127 e. The Morgan fingerprint density at radius 2 is 0.625 bits per heavy atom. The first-order chi connectivity index (χ1) is 11.9. The number of ether oxygens (including phenoxy) is 2. The first-order valence-electron chi connectivity index (χ1n) is 8.46. The Hall–Kier alpha value is -2.74. The van der Waals surface area contributed by atoms with E-state index in [1.807, 2.05) is 113 Å². The lowest BCUT2D eigenvalue weighted by Gasteiger charge is -2.08. The van der Waals surface area contributed by atoms with Crippen molar-refractivity contribution in [2.24, 2.45) is 0 Å². The summed E-state index contributed by atoms with van der Waals surface area (Å²) >= 11 is 0. The van der Waals surface area contributed by atoms with Crippen LogP contribution in [0.15, 0.2) is 84.9 Å². The van der Waals surface area contributed by atoms with Crippen LogP contribution in [-0.4, -0.2) is 0 Å². The molecule has 0 saturated carbocycles. The summed E-state index contributed by atoms with van der Waals surface area (Å²) < 4.78 is 11.5. The summed E-state index contributed by atoms with van der Waals surface area (Å²) in [5.41, 5.74) is 0. The fraction of sp³-hybridized carbons (Fsp3) is 0.182. The van der Waals surface area contributed by atoms with Crippen molar-refractivity contribution in [3.05, 3.63) is 84.9 Å².